The topological polar surface area (TPSA) is 78.9 Å². The van der Waals surface area contributed by atoms with Crippen molar-refractivity contribution in [3.05, 3.63) is 158 Å². The highest BCUT2D eigenvalue weighted by atomic mass is 16.6. The van der Waals surface area contributed by atoms with Gasteiger partial charge in [-0.25, -0.2) is 0 Å². The molecule has 1 atom stereocenters. The fraction of sp³-hybridized carbons (Fsp3) is 0.613. The molecule has 0 aromatic rings. The van der Waals surface area contributed by atoms with Gasteiger partial charge >= 0.3 is 17.9 Å². The normalized spacial score (nSPS) is 13.2. The molecule has 0 aliphatic carbocycles. The fourth-order valence-electron chi connectivity index (χ4n) is 8.69. The number of hydrogen-bond acceptors (Lipinski definition) is 6. The Labute approximate surface area is 499 Å². The molecule has 0 N–H and O–H groups in total. The lowest BCUT2D eigenvalue weighted by atomic mass is 10.1. The van der Waals surface area contributed by atoms with Gasteiger partial charge in [-0.05, 0) is 141 Å². The monoisotopic (exact) mass is 1120 g/mol. The van der Waals surface area contributed by atoms with Gasteiger partial charge in [0.2, 0.25) is 0 Å². The van der Waals surface area contributed by atoms with E-state index in [2.05, 4.69) is 179 Å². The van der Waals surface area contributed by atoms with Crippen molar-refractivity contribution >= 4 is 17.9 Å². The van der Waals surface area contributed by atoms with Crippen LogP contribution in [0.15, 0.2) is 158 Å². The van der Waals surface area contributed by atoms with Crippen LogP contribution in [0.5, 0.6) is 0 Å². The van der Waals surface area contributed by atoms with Gasteiger partial charge in [-0.1, -0.05) is 275 Å². The maximum absolute atomic E-state index is 12.9. The highest BCUT2D eigenvalue weighted by molar-refractivity contribution is 5.71. The molecule has 0 spiro atoms. The van der Waals surface area contributed by atoms with E-state index in [4.69, 9.17) is 14.2 Å². The van der Waals surface area contributed by atoms with E-state index in [-0.39, 0.29) is 31.1 Å². The Bertz CT molecular complexity index is 1810. The van der Waals surface area contributed by atoms with Crippen molar-refractivity contribution in [2.24, 2.45) is 0 Å². The first-order valence-corrected chi connectivity index (χ1v) is 33.0. The molecule has 0 aliphatic heterocycles. The molecule has 1 unspecified atom stereocenters. The van der Waals surface area contributed by atoms with Crippen molar-refractivity contribution in [3.63, 3.8) is 0 Å². The molecular formula is C75H120O6. The summed E-state index contributed by atoms with van der Waals surface area (Å²) in [5.41, 5.74) is 0. The van der Waals surface area contributed by atoms with Crippen molar-refractivity contribution in [2.45, 2.75) is 284 Å². The van der Waals surface area contributed by atoms with Crippen LogP contribution in [-0.4, -0.2) is 37.2 Å². The third kappa shape index (κ3) is 65.7. The molecule has 0 saturated carbocycles. The lowest BCUT2D eigenvalue weighted by Crippen LogP contribution is -2.30. The summed E-state index contributed by atoms with van der Waals surface area (Å²) in [6, 6.07) is 0. The minimum Gasteiger partial charge on any atom is -0.462 e. The summed E-state index contributed by atoms with van der Waals surface area (Å²) >= 11 is 0. The van der Waals surface area contributed by atoms with E-state index in [1.807, 2.05) is 0 Å². The number of unbranched alkanes of at least 4 members (excludes halogenated alkanes) is 21. The highest BCUT2D eigenvalue weighted by Gasteiger charge is 2.19. The van der Waals surface area contributed by atoms with Gasteiger partial charge in [0.25, 0.3) is 0 Å². The third-order valence-electron chi connectivity index (χ3n) is 13.5. The van der Waals surface area contributed by atoms with E-state index in [9.17, 15) is 14.4 Å². The van der Waals surface area contributed by atoms with Gasteiger partial charge in [0.05, 0.1) is 0 Å². The van der Waals surface area contributed by atoms with Gasteiger partial charge in [-0.15, -0.1) is 0 Å². The Morgan fingerprint density at radius 1 is 0.247 bits per heavy atom. The van der Waals surface area contributed by atoms with Gasteiger partial charge in [0.1, 0.15) is 13.2 Å². The van der Waals surface area contributed by atoms with Crippen LogP contribution in [0.2, 0.25) is 0 Å². The van der Waals surface area contributed by atoms with E-state index in [1.54, 1.807) is 0 Å². The van der Waals surface area contributed by atoms with Gasteiger partial charge in [0, 0.05) is 19.3 Å². The average molecular weight is 1120 g/mol. The third-order valence-corrected chi connectivity index (χ3v) is 13.5. The molecule has 0 aromatic heterocycles. The summed E-state index contributed by atoms with van der Waals surface area (Å²) in [4.78, 5) is 38.4. The molecule has 0 amide bonds. The summed E-state index contributed by atoms with van der Waals surface area (Å²) in [5, 5.41) is 0. The quantitative estimate of drug-likeness (QED) is 0.0261. The van der Waals surface area contributed by atoms with Gasteiger partial charge < -0.3 is 14.2 Å². The molecule has 6 heteroatoms. The lowest BCUT2D eigenvalue weighted by molar-refractivity contribution is -0.167. The summed E-state index contributed by atoms with van der Waals surface area (Å²) in [5.74, 6) is -0.933. The molecule has 0 aliphatic rings. The van der Waals surface area contributed by atoms with Crippen LogP contribution >= 0.6 is 0 Å². The van der Waals surface area contributed by atoms with Crippen molar-refractivity contribution in [3.8, 4) is 0 Å². The first-order chi connectivity index (χ1) is 40.0. The maximum Gasteiger partial charge on any atom is 0.306 e. The summed E-state index contributed by atoms with van der Waals surface area (Å²) in [6.45, 7) is 6.28. The zero-order valence-electron chi connectivity index (χ0n) is 52.2. The Kier molecular flexibility index (Phi) is 63.4. The second-order valence-corrected chi connectivity index (χ2v) is 21.2. The maximum atomic E-state index is 12.9. The Morgan fingerprint density at radius 2 is 0.444 bits per heavy atom. The number of carbonyl (C=O) groups excluding carboxylic acids is 3. The smallest absolute Gasteiger partial charge is 0.306 e. The lowest BCUT2D eigenvalue weighted by Gasteiger charge is -2.18. The summed E-state index contributed by atoms with van der Waals surface area (Å²) in [7, 11) is 0. The first kappa shape index (κ1) is 76.0. The predicted molar refractivity (Wildman–Crippen MR) is 352 cm³/mol. The van der Waals surface area contributed by atoms with Crippen LogP contribution < -0.4 is 0 Å². The molecule has 0 aromatic carbocycles. The molecule has 0 heterocycles. The predicted octanol–water partition coefficient (Wildman–Crippen LogP) is 22.9. The van der Waals surface area contributed by atoms with Crippen molar-refractivity contribution < 1.29 is 28.6 Å². The van der Waals surface area contributed by atoms with Crippen LogP contribution in [0.25, 0.3) is 0 Å². The molecule has 0 radical (unpaired) electrons. The molecule has 0 saturated heterocycles. The Balaban J connectivity index is 4.38. The molecule has 0 bridgehead atoms. The zero-order chi connectivity index (χ0) is 58.5. The van der Waals surface area contributed by atoms with Crippen LogP contribution in [0.3, 0.4) is 0 Å². The van der Waals surface area contributed by atoms with E-state index in [0.29, 0.717) is 19.3 Å². The molecular weight excluding hydrogens is 997 g/mol. The number of rotatable bonds is 58. The van der Waals surface area contributed by atoms with Gasteiger partial charge in [-0.2, -0.15) is 0 Å². The first-order valence-electron chi connectivity index (χ1n) is 33.0. The van der Waals surface area contributed by atoms with Crippen LogP contribution in [0, 0.1) is 0 Å². The molecule has 0 rings (SSSR count). The van der Waals surface area contributed by atoms with Crippen LogP contribution in [-0.2, 0) is 28.6 Å². The Morgan fingerprint density at radius 3 is 0.691 bits per heavy atom. The molecule has 456 valence electrons. The van der Waals surface area contributed by atoms with E-state index in [1.165, 1.54) is 57.8 Å². The van der Waals surface area contributed by atoms with E-state index >= 15 is 0 Å². The Hall–Kier alpha value is -4.97. The number of ether oxygens (including phenoxy) is 3. The largest absolute Gasteiger partial charge is 0.462 e. The van der Waals surface area contributed by atoms with Gasteiger partial charge in [-0.3, -0.25) is 14.4 Å². The van der Waals surface area contributed by atoms with Gasteiger partial charge in [0.15, 0.2) is 6.10 Å². The number of carbonyl (C=O) groups is 3. The molecule has 6 nitrogen and oxygen atoms in total. The average Bonchev–Trinajstić information content (AvgIpc) is 3.47. The SMILES string of the molecule is CC/C=C\C/C=C\C/C=C\C/C=C\C/C=C\C/C=C\CCCCCCCCCCCCC(=O)OCC(COC(=O)CCCCCCC/C=C\C/C=C\C/C=C\CC)OC(=O)CCCCCCCC/C=C\C/C=C\C/C=C\C/C=C\CC. The highest BCUT2D eigenvalue weighted by Crippen LogP contribution is 2.15. The number of allylic oxidation sites excluding steroid dienone is 26. The second kappa shape index (κ2) is 67.5. The summed E-state index contributed by atoms with van der Waals surface area (Å²) < 4.78 is 16.9. The van der Waals surface area contributed by atoms with Crippen LogP contribution in [0.1, 0.15) is 278 Å². The van der Waals surface area contributed by atoms with Crippen molar-refractivity contribution in [1.82, 2.24) is 0 Å². The standard InChI is InChI=1S/C75H120O6/c1-4-7-10-13-16-19-22-25-28-30-32-33-34-35-36-37-38-39-40-41-43-44-47-50-53-56-59-62-65-68-74(77)80-71-72(70-79-73(76)67-64-61-58-55-52-49-46-27-24-21-18-15-12-9-6-3)81-75(78)69-66-63-60-57-54-51-48-45-42-31-29-26-23-20-17-14-11-8-5-2/h7-12,16-21,25-29,32-33,35-36,38-39,42,45-46,72H,4-6,13-15,22-24,30-31,34,37,40-41,43-44,47-71H2,1-3H3/b10-7-,11-8-,12-9-,19-16-,20-17-,21-18-,28-25-,29-26-,33-32-,36-35-,39-38-,45-42-,46-27-. The fourth-order valence-corrected chi connectivity index (χ4v) is 8.69. The van der Waals surface area contributed by atoms with Crippen LogP contribution in [0.4, 0.5) is 0 Å². The van der Waals surface area contributed by atoms with Crippen molar-refractivity contribution in [2.75, 3.05) is 13.2 Å². The number of esters is 3. The van der Waals surface area contributed by atoms with E-state index in [0.717, 1.165) is 180 Å². The molecule has 81 heavy (non-hydrogen) atoms. The second-order valence-electron chi connectivity index (χ2n) is 21.2. The van der Waals surface area contributed by atoms with E-state index < -0.39 is 6.10 Å². The van der Waals surface area contributed by atoms with Crippen molar-refractivity contribution in [1.29, 1.82) is 0 Å². The molecule has 0 fully saturated rings. The zero-order valence-corrected chi connectivity index (χ0v) is 52.2. The number of hydrogen-bond donors (Lipinski definition) is 0. The summed E-state index contributed by atoms with van der Waals surface area (Å²) in [6.07, 6.45) is 98.2. The minimum absolute atomic E-state index is 0.0977. The minimum atomic E-state index is -0.804.